The number of benzene rings is 1. The summed E-state index contributed by atoms with van der Waals surface area (Å²) in [5, 5.41) is 10.0. The molecule has 1 saturated heterocycles. The van der Waals surface area contributed by atoms with E-state index in [0.29, 0.717) is 13.0 Å². The van der Waals surface area contributed by atoms with E-state index in [1.165, 1.54) is 0 Å². The van der Waals surface area contributed by atoms with E-state index >= 15 is 0 Å². The number of hydrogen-bond donors (Lipinski definition) is 1. The summed E-state index contributed by atoms with van der Waals surface area (Å²) in [6.45, 7) is 2.61. The first-order valence-corrected chi connectivity index (χ1v) is 8.96. The average molecular weight is 313 g/mol. The maximum absolute atomic E-state index is 11.5. The fourth-order valence-corrected chi connectivity index (χ4v) is 4.29. The number of nitrogens with zero attached hydrogens (tertiary/aromatic N) is 1. The standard InChI is InChI=1S/C15H23NO4S/c1-12-3-5-15(6-4-12)20-10-14(17)9-16(2)13-7-8-21(18,19)11-13/h3-6,13-14,17H,7-11H2,1-2H3/t13-,14+/m0/s1. The van der Waals surface area contributed by atoms with Crippen LogP contribution >= 0.6 is 0 Å². The zero-order valence-corrected chi connectivity index (χ0v) is 13.3. The molecular weight excluding hydrogens is 290 g/mol. The molecule has 0 aliphatic carbocycles. The molecule has 6 heteroatoms. The molecule has 0 amide bonds. The molecule has 1 aromatic rings. The lowest BCUT2D eigenvalue weighted by atomic mass is 10.2. The fourth-order valence-electron chi connectivity index (χ4n) is 2.48. The van der Waals surface area contributed by atoms with Crippen LogP contribution < -0.4 is 4.74 Å². The second-order valence-corrected chi connectivity index (χ2v) is 8.00. The van der Waals surface area contributed by atoms with Gasteiger partial charge in [0.25, 0.3) is 0 Å². The van der Waals surface area contributed by atoms with Crippen LogP contribution in [0.5, 0.6) is 5.75 Å². The molecule has 1 heterocycles. The Morgan fingerprint density at radius 3 is 2.62 bits per heavy atom. The number of rotatable bonds is 6. The Kier molecular flexibility index (Phi) is 5.24. The van der Waals surface area contributed by atoms with Crippen LogP contribution in [0, 0.1) is 6.92 Å². The number of aliphatic hydroxyl groups is 1. The van der Waals surface area contributed by atoms with Crippen molar-refractivity contribution in [3.8, 4) is 5.75 Å². The van der Waals surface area contributed by atoms with Gasteiger partial charge in [0.1, 0.15) is 18.5 Å². The third-order valence-electron chi connectivity index (χ3n) is 3.79. The predicted molar refractivity (Wildman–Crippen MR) is 82.4 cm³/mol. The average Bonchev–Trinajstić information content (AvgIpc) is 2.78. The molecule has 118 valence electrons. The maximum Gasteiger partial charge on any atom is 0.151 e. The third-order valence-corrected chi connectivity index (χ3v) is 5.54. The molecule has 1 fully saturated rings. The summed E-state index contributed by atoms with van der Waals surface area (Å²) in [7, 11) is -1.04. The van der Waals surface area contributed by atoms with Crippen molar-refractivity contribution in [2.75, 3.05) is 31.7 Å². The Morgan fingerprint density at radius 2 is 2.05 bits per heavy atom. The van der Waals surface area contributed by atoms with Gasteiger partial charge in [-0.3, -0.25) is 4.90 Å². The molecule has 0 saturated carbocycles. The molecule has 5 nitrogen and oxygen atoms in total. The lowest BCUT2D eigenvalue weighted by Crippen LogP contribution is -2.40. The minimum atomic E-state index is -2.89. The summed E-state index contributed by atoms with van der Waals surface area (Å²) in [6.07, 6.45) is 0.00397. The van der Waals surface area contributed by atoms with E-state index in [1.54, 1.807) is 0 Å². The van der Waals surface area contributed by atoms with E-state index in [1.807, 2.05) is 43.1 Å². The Bertz CT molecular complexity index is 556. The van der Waals surface area contributed by atoms with Crippen molar-refractivity contribution < 1.29 is 18.3 Å². The van der Waals surface area contributed by atoms with E-state index < -0.39 is 15.9 Å². The van der Waals surface area contributed by atoms with Crippen molar-refractivity contribution in [2.24, 2.45) is 0 Å². The van der Waals surface area contributed by atoms with Gasteiger partial charge in [0.2, 0.25) is 0 Å². The predicted octanol–water partition coefficient (Wildman–Crippen LogP) is 0.854. The Balaban J connectivity index is 1.76. The molecule has 0 aromatic heterocycles. The topological polar surface area (TPSA) is 66.8 Å². The summed E-state index contributed by atoms with van der Waals surface area (Å²) in [5.41, 5.74) is 1.16. The summed E-state index contributed by atoms with van der Waals surface area (Å²) < 4.78 is 28.4. The Hall–Kier alpha value is -1.11. The normalized spacial score (nSPS) is 22.4. The van der Waals surface area contributed by atoms with Crippen LogP contribution in [0.15, 0.2) is 24.3 Å². The molecule has 1 aromatic carbocycles. The number of aliphatic hydroxyl groups excluding tert-OH is 1. The van der Waals surface area contributed by atoms with Crippen LogP contribution in [0.4, 0.5) is 0 Å². The highest BCUT2D eigenvalue weighted by molar-refractivity contribution is 7.91. The van der Waals surface area contributed by atoms with Gasteiger partial charge in [0.15, 0.2) is 9.84 Å². The van der Waals surface area contributed by atoms with Crippen molar-refractivity contribution in [2.45, 2.75) is 25.5 Å². The van der Waals surface area contributed by atoms with Gasteiger partial charge in [-0.2, -0.15) is 0 Å². The Labute approximate surface area is 126 Å². The van der Waals surface area contributed by atoms with Gasteiger partial charge in [0, 0.05) is 12.6 Å². The summed E-state index contributed by atoms with van der Waals surface area (Å²) in [4.78, 5) is 1.91. The summed E-state index contributed by atoms with van der Waals surface area (Å²) in [5.74, 6) is 1.17. The van der Waals surface area contributed by atoms with Crippen LogP contribution in [0.3, 0.4) is 0 Å². The van der Waals surface area contributed by atoms with Crippen LogP contribution in [0.2, 0.25) is 0 Å². The SMILES string of the molecule is Cc1ccc(OC[C@H](O)CN(C)[C@H]2CCS(=O)(=O)C2)cc1. The highest BCUT2D eigenvalue weighted by Crippen LogP contribution is 2.17. The largest absolute Gasteiger partial charge is 0.491 e. The zero-order chi connectivity index (χ0) is 15.5. The van der Waals surface area contributed by atoms with Gasteiger partial charge < -0.3 is 9.84 Å². The number of sulfone groups is 1. The van der Waals surface area contributed by atoms with Crippen molar-refractivity contribution in [3.05, 3.63) is 29.8 Å². The minimum absolute atomic E-state index is 0.00373. The van der Waals surface area contributed by atoms with Crippen LogP contribution in [0.25, 0.3) is 0 Å². The second-order valence-electron chi connectivity index (χ2n) is 5.77. The summed E-state index contributed by atoms with van der Waals surface area (Å²) >= 11 is 0. The summed E-state index contributed by atoms with van der Waals surface area (Å²) in [6, 6.07) is 7.66. The first kappa shape index (κ1) is 16.3. The minimum Gasteiger partial charge on any atom is -0.491 e. The molecule has 21 heavy (non-hydrogen) atoms. The molecule has 1 aliphatic rings. The molecule has 2 atom stereocenters. The van der Waals surface area contributed by atoms with Gasteiger partial charge >= 0.3 is 0 Å². The van der Waals surface area contributed by atoms with E-state index in [9.17, 15) is 13.5 Å². The molecule has 0 spiro atoms. The molecule has 2 rings (SSSR count). The first-order valence-electron chi connectivity index (χ1n) is 7.14. The molecular formula is C15H23NO4S. The number of aryl methyl sites for hydroxylation is 1. The first-order chi connectivity index (χ1) is 9.85. The number of hydrogen-bond acceptors (Lipinski definition) is 5. The molecule has 0 bridgehead atoms. The van der Waals surface area contributed by atoms with E-state index in [-0.39, 0.29) is 24.2 Å². The van der Waals surface area contributed by atoms with Gasteiger partial charge in [-0.15, -0.1) is 0 Å². The van der Waals surface area contributed by atoms with Crippen molar-refractivity contribution in [3.63, 3.8) is 0 Å². The van der Waals surface area contributed by atoms with Crippen molar-refractivity contribution in [1.29, 1.82) is 0 Å². The van der Waals surface area contributed by atoms with Gasteiger partial charge in [-0.1, -0.05) is 17.7 Å². The van der Waals surface area contributed by atoms with Gasteiger partial charge in [-0.25, -0.2) is 8.42 Å². The van der Waals surface area contributed by atoms with E-state index in [4.69, 9.17) is 4.74 Å². The van der Waals surface area contributed by atoms with Gasteiger partial charge in [-0.05, 0) is 32.5 Å². The molecule has 0 radical (unpaired) electrons. The number of likely N-dealkylation sites (N-methyl/N-ethyl adjacent to an activating group) is 1. The van der Waals surface area contributed by atoms with E-state index in [0.717, 1.165) is 11.3 Å². The highest BCUT2D eigenvalue weighted by atomic mass is 32.2. The lowest BCUT2D eigenvalue weighted by Gasteiger charge is -2.25. The zero-order valence-electron chi connectivity index (χ0n) is 12.5. The lowest BCUT2D eigenvalue weighted by molar-refractivity contribution is 0.0664. The molecule has 0 unspecified atom stereocenters. The number of ether oxygens (including phenoxy) is 1. The third kappa shape index (κ3) is 4.98. The fraction of sp³-hybridized carbons (Fsp3) is 0.600. The second kappa shape index (κ2) is 6.77. The van der Waals surface area contributed by atoms with Crippen molar-refractivity contribution >= 4 is 9.84 Å². The highest BCUT2D eigenvalue weighted by Gasteiger charge is 2.31. The van der Waals surface area contributed by atoms with Crippen LogP contribution in [0.1, 0.15) is 12.0 Å². The van der Waals surface area contributed by atoms with Crippen LogP contribution in [-0.2, 0) is 9.84 Å². The van der Waals surface area contributed by atoms with Crippen LogP contribution in [-0.4, -0.2) is 62.3 Å². The van der Waals surface area contributed by atoms with Gasteiger partial charge in [0.05, 0.1) is 11.5 Å². The van der Waals surface area contributed by atoms with E-state index in [2.05, 4.69) is 0 Å². The molecule has 1 aliphatic heterocycles. The molecule has 1 N–H and O–H groups in total. The quantitative estimate of drug-likeness (QED) is 0.843. The monoisotopic (exact) mass is 313 g/mol. The Morgan fingerprint density at radius 1 is 1.38 bits per heavy atom. The maximum atomic E-state index is 11.5. The smallest absolute Gasteiger partial charge is 0.151 e. The van der Waals surface area contributed by atoms with Crippen molar-refractivity contribution in [1.82, 2.24) is 4.90 Å².